The van der Waals surface area contributed by atoms with Crippen molar-refractivity contribution in [1.82, 2.24) is 5.32 Å². The monoisotopic (exact) mass is 235 g/mol. The van der Waals surface area contributed by atoms with Gasteiger partial charge in [0, 0.05) is 11.5 Å². The van der Waals surface area contributed by atoms with Crippen LogP contribution in [0, 0.1) is 5.41 Å². The van der Waals surface area contributed by atoms with Gasteiger partial charge in [-0.05, 0) is 37.6 Å². The maximum Gasteiger partial charge on any atom is 0.118 e. The van der Waals surface area contributed by atoms with Crippen LogP contribution in [0.1, 0.15) is 30.9 Å². The van der Waals surface area contributed by atoms with Crippen molar-refractivity contribution >= 4 is 0 Å². The van der Waals surface area contributed by atoms with E-state index in [0.29, 0.717) is 0 Å². The average Bonchev–Trinajstić information content (AvgIpc) is 2.34. The number of methoxy groups -OCH3 is 1. The highest BCUT2D eigenvalue weighted by Gasteiger charge is 2.43. The molecule has 1 aliphatic rings. The zero-order chi connectivity index (χ0) is 12.3. The number of ether oxygens (including phenoxy) is 1. The molecule has 94 valence electrons. The van der Waals surface area contributed by atoms with Gasteiger partial charge in [-0.1, -0.05) is 18.6 Å². The number of nitrogens with one attached hydrogen (secondary N) is 1. The van der Waals surface area contributed by atoms with E-state index in [4.69, 9.17) is 4.74 Å². The summed E-state index contributed by atoms with van der Waals surface area (Å²) < 4.78 is 5.17. The van der Waals surface area contributed by atoms with Crippen molar-refractivity contribution in [1.29, 1.82) is 0 Å². The summed E-state index contributed by atoms with van der Waals surface area (Å²) in [7, 11) is 3.64. The quantitative estimate of drug-likeness (QED) is 0.821. The van der Waals surface area contributed by atoms with Gasteiger partial charge < -0.3 is 15.2 Å². The molecule has 0 saturated heterocycles. The first kappa shape index (κ1) is 12.4. The largest absolute Gasteiger partial charge is 0.497 e. The molecule has 1 atom stereocenters. The lowest BCUT2D eigenvalue weighted by molar-refractivity contribution is 0.00782. The van der Waals surface area contributed by atoms with Crippen molar-refractivity contribution in [3.8, 4) is 5.75 Å². The Balaban J connectivity index is 2.22. The van der Waals surface area contributed by atoms with Crippen LogP contribution in [0.25, 0.3) is 0 Å². The van der Waals surface area contributed by atoms with Crippen LogP contribution in [0.5, 0.6) is 5.75 Å². The molecule has 0 amide bonds. The van der Waals surface area contributed by atoms with Crippen LogP contribution >= 0.6 is 0 Å². The van der Waals surface area contributed by atoms with Gasteiger partial charge >= 0.3 is 0 Å². The molecule has 2 N–H and O–H groups in total. The minimum absolute atomic E-state index is 0.0311. The maximum absolute atomic E-state index is 9.64. The van der Waals surface area contributed by atoms with Crippen molar-refractivity contribution in [3.63, 3.8) is 0 Å². The van der Waals surface area contributed by atoms with Crippen molar-refractivity contribution < 1.29 is 9.84 Å². The Bertz CT molecular complexity index is 351. The van der Waals surface area contributed by atoms with E-state index >= 15 is 0 Å². The van der Waals surface area contributed by atoms with Crippen LogP contribution in [0.2, 0.25) is 0 Å². The van der Waals surface area contributed by atoms with Gasteiger partial charge in [0.2, 0.25) is 0 Å². The summed E-state index contributed by atoms with van der Waals surface area (Å²) in [5.74, 6) is 0.871. The molecule has 1 saturated carbocycles. The topological polar surface area (TPSA) is 41.5 Å². The Kier molecular flexibility index (Phi) is 3.69. The van der Waals surface area contributed by atoms with Gasteiger partial charge in [0.25, 0.3) is 0 Å². The molecule has 0 spiro atoms. The molecule has 0 aromatic heterocycles. The van der Waals surface area contributed by atoms with Crippen LogP contribution in [-0.4, -0.2) is 25.9 Å². The van der Waals surface area contributed by atoms with Crippen LogP contribution < -0.4 is 10.1 Å². The lowest BCUT2D eigenvalue weighted by Gasteiger charge is -2.46. The smallest absolute Gasteiger partial charge is 0.118 e. The number of aliphatic hydroxyl groups is 1. The van der Waals surface area contributed by atoms with Gasteiger partial charge in [0.15, 0.2) is 0 Å². The van der Waals surface area contributed by atoms with E-state index in [2.05, 4.69) is 17.4 Å². The summed E-state index contributed by atoms with van der Waals surface area (Å²) >= 11 is 0. The van der Waals surface area contributed by atoms with Crippen molar-refractivity contribution in [2.24, 2.45) is 5.41 Å². The highest BCUT2D eigenvalue weighted by atomic mass is 16.5. The molecule has 3 heteroatoms. The first-order valence-electron chi connectivity index (χ1n) is 6.18. The number of rotatable bonds is 5. The first-order valence-corrected chi connectivity index (χ1v) is 6.18. The molecule has 2 rings (SSSR count). The summed E-state index contributed by atoms with van der Waals surface area (Å²) in [6.45, 7) is 0.254. The predicted octanol–water partition coefficient (Wildman–Crippen LogP) is 2.12. The second kappa shape index (κ2) is 5.07. The number of hydrogen-bond donors (Lipinski definition) is 2. The molecule has 1 aromatic carbocycles. The fourth-order valence-electron chi connectivity index (χ4n) is 2.79. The normalized spacial score (nSPS) is 19.5. The average molecular weight is 235 g/mol. The third-order valence-electron chi connectivity index (χ3n) is 4.01. The molecule has 0 radical (unpaired) electrons. The summed E-state index contributed by atoms with van der Waals surface area (Å²) in [6.07, 6.45) is 3.41. The minimum Gasteiger partial charge on any atom is -0.497 e. The van der Waals surface area contributed by atoms with E-state index in [9.17, 15) is 5.11 Å². The van der Waals surface area contributed by atoms with Gasteiger partial charge in [-0.15, -0.1) is 0 Å². The minimum atomic E-state index is 0.0311. The molecule has 0 heterocycles. The van der Waals surface area contributed by atoms with Crippen LogP contribution in [-0.2, 0) is 0 Å². The van der Waals surface area contributed by atoms with E-state index in [0.717, 1.165) is 18.6 Å². The maximum atomic E-state index is 9.64. The van der Waals surface area contributed by atoms with Gasteiger partial charge in [0.1, 0.15) is 5.75 Å². The van der Waals surface area contributed by atoms with E-state index in [1.165, 1.54) is 12.0 Å². The molecule has 0 bridgehead atoms. The molecule has 3 nitrogen and oxygen atoms in total. The van der Waals surface area contributed by atoms with E-state index < -0.39 is 0 Å². The number of hydrogen-bond acceptors (Lipinski definition) is 3. The van der Waals surface area contributed by atoms with Gasteiger partial charge in [-0.3, -0.25) is 0 Å². The van der Waals surface area contributed by atoms with Crippen molar-refractivity contribution in [2.45, 2.75) is 25.3 Å². The highest BCUT2D eigenvalue weighted by Crippen LogP contribution is 2.49. The lowest BCUT2D eigenvalue weighted by atomic mass is 9.63. The number of aliphatic hydroxyl groups excluding tert-OH is 1. The molecular formula is C14H21NO2. The Hall–Kier alpha value is -1.06. The molecule has 0 aliphatic heterocycles. The predicted molar refractivity (Wildman–Crippen MR) is 68.2 cm³/mol. The Morgan fingerprint density at radius 1 is 1.35 bits per heavy atom. The fraction of sp³-hybridized carbons (Fsp3) is 0.571. The van der Waals surface area contributed by atoms with Gasteiger partial charge in [-0.25, -0.2) is 0 Å². The SMILES string of the molecule is CNC(c1ccc(OC)cc1)C1(CO)CCC1. The molecule has 1 aliphatic carbocycles. The summed E-state index contributed by atoms with van der Waals surface area (Å²) in [5, 5.41) is 13.0. The Morgan fingerprint density at radius 3 is 2.35 bits per heavy atom. The number of benzene rings is 1. The van der Waals surface area contributed by atoms with E-state index in [1.807, 2.05) is 19.2 Å². The summed E-state index contributed by atoms with van der Waals surface area (Å²) in [6, 6.07) is 8.34. The third-order valence-corrected chi connectivity index (χ3v) is 4.01. The van der Waals surface area contributed by atoms with E-state index in [1.54, 1.807) is 7.11 Å². The highest BCUT2D eigenvalue weighted by molar-refractivity contribution is 5.30. The van der Waals surface area contributed by atoms with Crippen LogP contribution in [0.3, 0.4) is 0 Å². The third kappa shape index (κ3) is 2.17. The fourth-order valence-corrected chi connectivity index (χ4v) is 2.79. The molecule has 17 heavy (non-hydrogen) atoms. The van der Waals surface area contributed by atoms with Crippen LogP contribution in [0.15, 0.2) is 24.3 Å². The molecule has 1 fully saturated rings. The van der Waals surface area contributed by atoms with E-state index in [-0.39, 0.29) is 18.1 Å². The van der Waals surface area contributed by atoms with Crippen LogP contribution in [0.4, 0.5) is 0 Å². The van der Waals surface area contributed by atoms with Crippen molar-refractivity contribution in [2.75, 3.05) is 20.8 Å². The second-order valence-corrected chi connectivity index (χ2v) is 4.87. The first-order chi connectivity index (χ1) is 8.25. The molecular weight excluding hydrogens is 214 g/mol. The van der Waals surface area contributed by atoms with Gasteiger partial charge in [0.05, 0.1) is 13.7 Å². The zero-order valence-corrected chi connectivity index (χ0v) is 10.6. The Morgan fingerprint density at radius 2 is 2.00 bits per heavy atom. The zero-order valence-electron chi connectivity index (χ0n) is 10.6. The molecule has 1 unspecified atom stereocenters. The second-order valence-electron chi connectivity index (χ2n) is 4.87. The summed E-state index contributed by atoms with van der Waals surface area (Å²) in [4.78, 5) is 0. The molecule has 1 aromatic rings. The summed E-state index contributed by atoms with van der Waals surface area (Å²) in [5.41, 5.74) is 1.26. The van der Waals surface area contributed by atoms with Gasteiger partial charge in [-0.2, -0.15) is 0 Å². The standard InChI is InChI=1S/C14H21NO2/c1-15-13(14(10-16)8-3-9-14)11-4-6-12(17-2)7-5-11/h4-7,13,15-16H,3,8-10H2,1-2H3. The Labute approximate surface area is 103 Å². The lowest BCUT2D eigenvalue weighted by Crippen LogP contribution is -2.44. The van der Waals surface area contributed by atoms with Crippen molar-refractivity contribution in [3.05, 3.63) is 29.8 Å².